The molecule has 0 spiro atoms. The third-order valence-electron chi connectivity index (χ3n) is 8.47. The summed E-state index contributed by atoms with van der Waals surface area (Å²) in [4.78, 5) is 24.4. The number of rotatable bonds is 10. The quantitative estimate of drug-likeness (QED) is 0.314. The van der Waals surface area contributed by atoms with Crippen LogP contribution in [0.15, 0.2) is 0 Å². The minimum absolute atomic E-state index is 0.276. The Labute approximate surface area is 184 Å². The molecular weight excluding hydrogens is 376 g/mol. The number of ether oxygens (including phenoxy) is 1. The third-order valence-corrected chi connectivity index (χ3v) is 8.47. The van der Waals surface area contributed by atoms with E-state index in [1.54, 1.807) is 0 Å². The largest absolute Gasteiger partial charge is 0.481 e. The molecule has 0 aromatic carbocycles. The molecule has 0 aromatic rings. The summed E-state index contributed by atoms with van der Waals surface area (Å²) in [6.45, 7) is 11.9. The summed E-state index contributed by atoms with van der Waals surface area (Å²) in [7, 11) is 0. The summed E-state index contributed by atoms with van der Waals surface area (Å²) < 4.78 is 5.79. The van der Waals surface area contributed by atoms with Crippen LogP contribution in [0.2, 0.25) is 0 Å². The van der Waals surface area contributed by atoms with E-state index >= 15 is 0 Å². The summed E-state index contributed by atoms with van der Waals surface area (Å²) in [5, 5.41) is 9.56. The third kappa shape index (κ3) is 6.72. The van der Waals surface area contributed by atoms with Gasteiger partial charge in [0.1, 0.15) is 0 Å². The Balaban J connectivity index is 1.89. The van der Waals surface area contributed by atoms with Crippen LogP contribution in [0.3, 0.4) is 0 Å². The van der Waals surface area contributed by atoms with Crippen molar-refractivity contribution in [1.82, 2.24) is 0 Å². The zero-order valence-corrected chi connectivity index (χ0v) is 20.1. The lowest BCUT2D eigenvalue weighted by Gasteiger charge is -2.46. The van der Waals surface area contributed by atoms with Crippen molar-refractivity contribution in [3.63, 3.8) is 0 Å². The van der Waals surface area contributed by atoms with E-state index in [2.05, 4.69) is 34.6 Å². The van der Waals surface area contributed by atoms with Gasteiger partial charge >= 0.3 is 11.9 Å². The van der Waals surface area contributed by atoms with Crippen LogP contribution in [0.5, 0.6) is 0 Å². The van der Waals surface area contributed by atoms with Gasteiger partial charge in [0.15, 0.2) is 0 Å². The first-order chi connectivity index (χ1) is 14.2. The standard InChI is InChI=1S/C26H46O4/c1-6-7-8-9-10-13-26(5)16-21(19(3)15-20(26)4)17-30-25(29)22-12-11-18(2)14-23(22)24(27)28/h18-23H,6-17H2,1-5H3,(H,27,28). The number of carbonyl (C=O) groups is 2. The first-order valence-corrected chi connectivity index (χ1v) is 12.6. The van der Waals surface area contributed by atoms with Crippen molar-refractivity contribution in [2.45, 2.75) is 105 Å². The Kier molecular flexibility index (Phi) is 9.68. The average molecular weight is 423 g/mol. The molecule has 1 N–H and O–H groups in total. The molecule has 0 aliphatic heterocycles. The van der Waals surface area contributed by atoms with E-state index in [0.29, 0.717) is 48.5 Å². The molecule has 4 heteroatoms. The van der Waals surface area contributed by atoms with Crippen LogP contribution in [0.25, 0.3) is 0 Å². The zero-order valence-electron chi connectivity index (χ0n) is 20.1. The molecule has 2 fully saturated rings. The fraction of sp³-hybridized carbons (Fsp3) is 0.923. The number of esters is 1. The molecule has 174 valence electrons. The van der Waals surface area contributed by atoms with Crippen molar-refractivity contribution in [3.8, 4) is 0 Å². The van der Waals surface area contributed by atoms with Gasteiger partial charge in [-0.1, -0.05) is 66.7 Å². The number of carbonyl (C=O) groups excluding carboxylic acids is 1. The highest BCUT2D eigenvalue weighted by atomic mass is 16.5. The van der Waals surface area contributed by atoms with Gasteiger partial charge in [0.05, 0.1) is 18.4 Å². The number of hydrogen-bond acceptors (Lipinski definition) is 3. The zero-order chi connectivity index (χ0) is 22.3. The van der Waals surface area contributed by atoms with E-state index in [9.17, 15) is 14.7 Å². The van der Waals surface area contributed by atoms with E-state index in [1.165, 1.54) is 44.9 Å². The summed E-state index contributed by atoms with van der Waals surface area (Å²) >= 11 is 0. The normalized spacial score (nSPS) is 37.0. The smallest absolute Gasteiger partial charge is 0.309 e. The molecule has 7 atom stereocenters. The lowest BCUT2D eigenvalue weighted by molar-refractivity contribution is -0.162. The van der Waals surface area contributed by atoms with Gasteiger partial charge in [0.25, 0.3) is 0 Å². The van der Waals surface area contributed by atoms with Crippen LogP contribution in [-0.2, 0) is 14.3 Å². The van der Waals surface area contributed by atoms with Crippen LogP contribution in [0.4, 0.5) is 0 Å². The predicted molar refractivity (Wildman–Crippen MR) is 121 cm³/mol. The van der Waals surface area contributed by atoms with Gasteiger partial charge in [-0.2, -0.15) is 0 Å². The van der Waals surface area contributed by atoms with Crippen LogP contribution in [0.1, 0.15) is 105 Å². The maximum Gasteiger partial charge on any atom is 0.309 e. The van der Waals surface area contributed by atoms with Crippen LogP contribution < -0.4 is 0 Å². The van der Waals surface area contributed by atoms with Gasteiger partial charge in [-0.25, -0.2) is 0 Å². The molecule has 0 saturated heterocycles. The molecule has 7 unspecified atom stereocenters. The molecule has 2 aliphatic rings. The molecule has 2 saturated carbocycles. The molecular formula is C26H46O4. The van der Waals surface area contributed by atoms with E-state index in [0.717, 1.165) is 12.8 Å². The highest BCUT2D eigenvalue weighted by Crippen LogP contribution is 2.49. The second kappa shape index (κ2) is 11.5. The highest BCUT2D eigenvalue weighted by molar-refractivity contribution is 5.81. The minimum Gasteiger partial charge on any atom is -0.481 e. The van der Waals surface area contributed by atoms with Gasteiger partial charge in [0.2, 0.25) is 0 Å². The number of carboxylic acid groups (broad SMARTS) is 1. The topological polar surface area (TPSA) is 63.6 Å². The van der Waals surface area contributed by atoms with Crippen molar-refractivity contribution in [1.29, 1.82) is 0 Å². The van der Waals surface area contributed by atoms with Gasteiger partial charge < -0.3 is 9.84 Å². The number of carboxylic acids is 1. The van der Waals surface area contributed by atoms with E-state index in [4.69, 9.17) is 4.74 Å². The Hall–Kier alpha value is -1.06. The maximum atomic E-state index is 12.8. The lowest BCUT2D eigenvalue weighted by atomic mass is 9.59. The molecule has 30 heavy (non-hydrogen) atoms. The molecule has 0 heterocycles. The maximum absolute atomic E-state index is 12.8. The van der Waals surface area contributed by atoms with Gasteiger partial charge in [0, 0.05) is 0 Å². The van der Waals surface area contributed by atoms with Crippen molar-refractivity contribution in [2.75, 3.05) is 6.61 Å². The van der Waals surface area contributed by atoms with Crippen LogP contribution >= 0.6 is 0 Å². The van der Waals surface area contributed by atoms with Crippen molar-refractivity contribution < 1.29 is 19.4 Å². The van der Waals surface area contributed by atoms with Crippen LogP contribution in [-0.4, -0.2) is 23.7 Å². The van der Waals surface area contributed by atoms with E-state index in [-0.39, 0.29) is 5.97 Å². The molecule has 4 nitrogen and oxygen atoms in total. The second-order valence-electron chi connectivity index (χ2n) is 11.0. The first-order valence-electron chi connectivity index (χ1n) is 12.6. The summed E-state index contributed by atoms with van der Waals surface area (Å²) in [5.41, 5.74) is 0.319. The van der Waals surface area contributed by atoms with Gasteiger partial charge in [-0.15, -0.1) is 0 Å². The second-order valence-corrected chi connectivity index (χ2v) is 11.0. The number of hydrogen-bond donors (Lipinski definition) is 1. The van der Waals surface area contributed by atoms with Crippen molar-refractivity contribution >= 4 is 11.9 Å². The van der Waals surface area contributed by atoms with Crippen molar-refractivity contribution in [3.05, 3.63) is 0 Å². The Morgan fingerprint density at radius 1 is 1.00 bits per heavy atom. The van der Waals surface area contributed by atoms with Gasteiger partial charge in [-0.05, 0) is 67.6 Å². The first kappa shape index (κ1) is 25.2. The summed E-state index contributed by atoms with van der Waals surface area (Å²) in [6, 6.07) is 0. The fourth-order valence-electron chi connectivity index (χ4n) is 5.97. The molecule has 0 amide bonds. The fourth-order valence-corrected chi connectivity index (χ4v) is 5.97. The number of unbranched alkanes of at least 4 members (excludes halogenated alkanes) is 4. The monoisotopic (exact) mass is 422 g/mol. The number of aliphatic carboxylic acids is 1. The minimum atomic E-state index is -0.848. The average Bonchev–Trinajstić information content (AvgIpc) is 2.69. The molecule has 2 rings (SSSR count). The Morgan fingerprint density at radius 2 is 1.70 bits per heavy atom. The SMILES string of the molecule is CCCCCCCC1(C)CC(COC(=O)C2CCC(C)CC2C(=O)O)C(C)CC1C. The summed E-state index contributed by atoms with van der Waals surface area (Å²) in [5.74, 6) is -0.186. The molecule has 0 radical (unpaired) electrons. The predicted octanol–water partition coefficient (Wildman–Crippen LogP) is 6.72. The van der Waals surface area contributed by atoms with E-state index < -0.39 is 17.8 Å². The molecule has 0 aromatic heterocycles. The summed E-state index contributed by atoms with van der Waals surface area (Å²) in [6.07, 6.45) is 12.3. The van der Waals surface area contributed by atoms with Crippen LogP contribution in [0, 0.1) is 40.9 Å². The molecule has 0 bridgehead atoms. The highest BCUT2D eigenvalue weighted by Gasteiger charge is 2.42. The molecule has 2 aliphatic carbocycles. The Morgan fingerprint density at radius 3 is 2.37 bits per heavy atom. The van der Waals surface area contributed by atoms with E-state index in [1.807, 2.05) is 0 Å². The van der Waals surface area contributed by atoms with Gasteiger partial charge in [-0.3, -0.25) is 9.59 Å². The Bertz CT molecular complexity index is 559. The lowest BCUT2D eigenvalue weighted by Crippen LogP contribution is -2.41. The van der Waals surface area contributed by atoms with Crippen molar-refractivity contribution in [2.24, 2.45) is 40.9 Å².